The molecule has 0 atom stereocenters. The second kappa shape index (κ2) is 4.49. The van der Waals surface area contributed by atoms with E-state index in [9.17, 15) is 0 Å². The number of unbranched alkanes of at least 4 members (excludes halogenated alkanes) is 2. The maximum atomic E-state index is 4.84. The molecule has 0 aromatic rings. The van der Waals surface area contributed by atoms with Crippen molar-refractivity contribution in [3.8, 4) is 11.8 Å². The first kappa shape index (κ1) is 9.57. The number of rotatable bonds is 4. The molecule has 0 aromatic carbocycles. The third kappa shape index (κ3) is 2.84. The van der Waals surface area contributed by atoms with E-state index in [0.717, 1.165) is 25.7 Å². The third-order valence-corrected chi connectivity index (χ3v) is 1.80. The highest BCUT2D eigenvalue weighted by Crippen LogP contribution is 2.33. The van der Waals surface area contributed by atoms with Crippen molar-refractivity contribution < 1.29 is 9.78 Å². The van der Waals surface area contributed by atoms with Gasteiger partial charge in [0.2, 0.25) is 0 Å². The fourth-order valence-corrected chi connectivity index (χ4v) is 1.03. The highest BCUT2D eigenvalue weighted by molar-refractivity contribution is 5.12. The molecular formula is C10H16O2. The van der Waals surface area contributed by atoms with E-state index in [0.29, 0.717) is 0 Å². The van der Waals surface area contributed by atoms with Crippen LogP contribution in [0.2, 0.25) is 0 Å². The molecule has 0 aromatic heterocycles. The maximum Gasteiger partial charge on any atom is 0.294 e. The molecule has 0 N–H and O–H groups in total. The minimum Gasteiger partial charge on any atom is -0.180 e. The molecule has 0 aliphatic carbocycles. The van der Waals surface area contributed by atoms with Crippen molar-refractivity contribution in [2.75, 3.05) is 0 Å². The lowest BCUT2D eigenvalue weighted by molar-refractivity contribution is 0.0850. The molecule has 2 heteroatoms. The quantitative estimate of drug-likeness (QED) is 0.279. The molecule has 0 radical (unpaired) electrons. The largest absolute Gasteiger partial charge is 0.294 e. The van der Waals surface area contributed by atoms with E-state index in [1.165, 1.54) is 6.42 Å². The van der Waals surface area contributed by atoms with E-state index in [2.05, 4.69) is 25.7 Å². The van der Waals surface area contributed by atoms with Crippen LogP contribution in [0.5, 0.6) is 0 Å². The van der Waals surface area contributed by atoms with Gasteiger partial charge in [0.05, 0.1) is 0 Å². The van der Waals surface area contributed by atoms with Crippen LogP contribution in [0.25, 0.3) is 0 Å². The van der Waals surface area contributed by atoms with E-state index in [4.69, 9.17) is 9.78 Å². The maximum absolute atomic E-state index is 4.84. The lowest BCUT2D eigenvalue weighted by atomic mass is 10.1. The van der Waals surface area contributed by atoms with E-state index >= 15 is 0 Å². The van der Waals surface area contributed by atoms with Crippen LogP contribution in [-0.2, 0) is 9.78 Å². The first-order chi connectivity index (χ1) is 5.83. The van der Waals surface area contributed by atoms with Crippen LogP contribution in [-0.4, -0.2) is 5.79 Å². The number of hydrogen-bond acceptors (Lipinski definition) is 2. The predicted octanol–water partition coefficient (Wildman–Crippen LogP) is 2.64. The van der Waals surface area contributed by atoms with Crippen molar-refractivity contribution >= 4 is 0 Å². The summed E-state index contributed by atoms with van der Waals surface area (Å²) in [6.45, 7) is 4.26. The summed E-state index contributed by atoms with van der Waals surface area (Å²) >= 11 is 0. The van der Waals surface area contributed by atoms with Crippen LogP contribution >= 0.6 is 0 Å². The van der Waals surface area contributed by atoms with Gasteiger partial charge < -0.3 is 0 Å². The van der Waals surface area contributed by atoms with E-state index in [1.807, 2.05) is 0 Å². The van der Waals surface area contributed by atoms with Gasteiger partial charge in [-0.1, -0.05) is 26.2 Å². The van der Waals surface area contributed by atoms with E-state index < -0.39 is 5.79 Å². The Bertz CT molecular complexity index is 184. The lowest BCUT2D eigenvalue weighted by Gasteiger charge is -1.93. The molecule has 0 bridgehead atoms. The van der Waals surface area contributed by atoms with Crippen molar-refractivity contribution in [1.29, 1.82) is 0 Å². The van der Waals surface area contributed by atoms with Crippen molar-refractivity contribution in [1.82, 2.24) is 0 Å². The standard InChI is InChI=1S/C10H16O2/c1-3-5-6-7-9-10(8-4-2)11-12-10/h3-6,8H2,1-2H3. The Morgan fingerprint density at radius 3 is 2.42 bits per heavy atom. The normalized spacial score (nSPS) is 18.2. The van der Waals surface area contributed by atoms with Gasteiger partial charge in [0.25, 0.3) is 5.79 Å². The summed E-state index contributed by atoms with van der Waals surface area (Å²) in [4.78, 5) is 9.69. The van der Waals surface area contributed by atoms with Gasteiger partial charge in [0.1, 0.15) is 0 Å². The minimum absolute atomic E-state index is 0.511. The molecule has 2 nitrogen and oxygen atoms in total. The topological polar surface area (TPSA) is 25.1 Å². The van der Waals surface area contributed by atoms with Gasteiger partial charge in [-0.2, -0.15) is 9.78 Å². The van der Waals surface area contributed by atoms with E-state index in [1.54, 1.807) is 0 Å². The first-order valence-electron chi connectivity index (χ1n) is 4.70. The summed E-state index contributed by atoms with van der Waals surface area (Å²) in [6.07, 6.45) is 5.23. The fourth-order valence-electron chi connectivity index (χ4n) is 1.03. The molecule has 1 aliphatic rings. The highest BCUT2D eigenvalue weighted by atomic mass is 17.4. The summed E-state index contributed by atoms with van der Waals surface area (Å²) in [6, 6.07) is 0. The van der Waals surface area contributed by atoms with Gasteiger partial charge >= 0.3 is 0 Å². The molecule has 1 fully saturated rings. The third-order valence-electron chi connectivity index (χ3n) is 1.80. The van der Waals surface area contributed by atoms with Crippen LogP contribution in [0.4, 0.5) is 0 Å². The van der Waals surface area contributed by atoms with Crippen molar-refractivity contribution in [3.63, 3.8) is 0 Å². The Labute approximate surface area is 74.2 Å². The summed E-state index contributed by atoms with van der Waals surface area (Å²) in [5.41, 5.74) is 0. The van der Waals surface area contributed by atoms with Gasteiger partial charge in [-0.25, -0.2) is 0 Å². The Morgan fingerprint density at radius 1 is 1.17 bits per heavy atom. The zero-order valence-electron chi connectivity index (χ0n) is 7.85. The molecule has 68 valence electrons. The Hall–Kier alpha value is -0.520. The molecular weight excluding hydrogens is 152 g/mol. The van der Waals surface area contributed by atoms with Crippen LogP contribution in [0.3, 0.4) is 0 Å². The van der Waals surface area contributed by atoms with Gasteiger partial charge in [-0.05, 0) is 18.8 Å². The molecule has 1 saturated heterocycles. The minimum atomic E-state index is -0.511. The molecule has 0 amide bonds. The molecule has 1 aliphatic heterocycles. The lowest BCUT2D eigenvalue weighted by Crippen LogP contribution is -2.05. The van der Waals surface area contributed by atoms with Crippen molar-refractivity contribution in [2.24, 2.45) is 0 Å². The van der Waals surface area contributed by atoms with Crippen LogP contribution in [0.1, 0.15) is 46.0 Å². The van der Waals surface area contributed by atoms with Crippen LogP contribution in [0.15, 0.2) is 0 Å². The van der Waals surface area contributed by atoms with Crippen LogP contribution in [0, 0.1) is 11.8 Å². The molecule has 12 heavy (non-hydrogen) atoms. The van der Waals surface area contributed by atoms with Gasteiger partial charge in [-0.15, -0.1) is 0 Å². The van der Waals surface area contributed by atoms with Crippen molar-refractivity contribution in [3.05, 3.63) is 0 Å². The molecule has 1 rings (SSSR count). The van der Waals surface area contributed by atoms with Gasteiger partial charge in [-0.3, -0.25) is 0 Å². The van der Waals surface area contributed by atoms with Gasteiger partial charge in [0, 0.05) is 12.8 Å². The summed E-state index contributed by atoms with van der Waals surface area (Å²) in [5, 5.41) is 0. The smallest absolute Gasteiger partial charge is 0.180 e. The summed E-state index contributed by atoms with van der Waals surface area (Å²) < 4.78 is 0. The predicted molar refractivity (Wildman–Crippen MR) is 47.1 cm³/mol. The summed E-state index contributed by atoms with van der Waals surface area (Å²) in [5.74, 6) is 5.57. The molecule has 0 spiro atoms. The number of hydrogen-bond donors (Lipinski definition) is 0. The molecule has 0 saturated carbocycles. The average molecular weight is 168 g/mol. The first-order valence-corrected chi connectivity index (χ1v) is 4.70. The molecule has 0 unspecified atom stereocenters. The second-order valence-electron chi connectivity index (χ2n) is 3.07. The van der Waals surface area contributed by atoms with Crippen molar-refractivity contribution in [2.45, 2.75) is 51.7 Å². The second-order valence-corrected chi connectivity index (χ2v) is 3.07. The molecule has 1 heterocycles. The fraction of sp³-hybridized carbons (Fsp3) is 0.800. The monoisotopic (exact) mass is 168 g/mol. The summed E-state index contributed by atoms with van der Waals surface area (Å²) in [7, 11) is 0. The zero-order chi connectivity index (χ0) is 8.86. The van der Waals surface area contributed by atoms with Gasteiger partial charge in [0.15, 0.2) is 0 Å². The average Bonchev–Trinajstić information content (AvgIpc) is 2.81. The Morgan fingerprint density at radius 2 is 1.92 bits per heavy atom. The SMILES string of the molecule is CCCCC#CC1(CCC)OO1. The van der Waals surface area contributed by atoms with Crippen LogP contribution < -0.4 is 0 Å². The highest BCUT2D eigenvalue weighted by Gasteiger charge is 2.46. The Kier molecular flexibility index (Phi) is 3.58. The van der Waals surface area contributed by atoms with E-state index in [-0.39, 0.29) is 0 Å². The zero-order valence-corrected chi connectivity index (χ0v) is 7.85. The Balaban J connectivity index is 2.22.